The summed E-state index contributed by atoms with van der Waals surface area (Å²) >= 11 is 0. The van der Waals surface area contributed by atoms with Crippen molar-refractivity contribution in [3.8, 4) is 0 Å². The van der Waals surface area contributed by atoms with Crippen molar-refractivity contribution in [2.75, 3.05) is 39.3 Å². The summed E-state index contributed by atoms with van der Waals surface area (Å²) < 4.78 is 0.681. The highest BCUT2D eigenvalue weighted by molar-refractivity contribution is 5.89. The highest BCUT2D eigenvalue weighted by atomic mass is 16.2. The van der Waals surface area contributed by atoms with Crippen molar-refractivity contribution in [2.45, 2.75) is 0 Å². The molecule has 16 heavy (non-hydrogen) atoms. The van der Waals surface area contributed by atoms with E-state index in [2.05, 4.69) is 4.90 Å². The quantitative estimate of drug-likeness (QED) is 0.653. The van der Waals surface area contributed by atoms with E-state index in [1.807, 2.05) is 30.3 Å². The van der Waals surface area contributed by atoms with Gasteiger partial charge in [-0.2, -0.15) is 0 Å². The third-order valence-corrected chi connectivity index (χ3v) is 3.98. The van der Waals surface area contributed by atoms with Gasteiger partial charge in [0.2, 0.25) is 0 Å². The summed E-state index contributed by atoms with van der Waals surface area (Å²) in [4.78, 5) is 15.0. The monoisotopic (exact) mass is 217 g/mol. The van der Waals surface area contributed by atoms with Crippen molar-refractivity contribution in [2.24, 2.45) is 0 Å². The molecule has 3 saturated heterocycles. The molecule has 1 aromatic carbocycles. The van der Waals surface area contributed by atoms with Crippen LogP contribution in [-0.4, -0.2) is 54.6 Å². The number of carbonyl (C=O) groups is 1. The van der Waals surface area contributed by atoms with E-state index in [-0.39, 0.29) is 0 Å². The molecule has 3 aliphatic heterocycles. The summed E-state index contributed by atoms with van der Waals surface area (Å²) in [7, 11) is 0. The lowest BCUT2D eigenvalue weighted by Crippen LogP contribution is -2.69. The Labute approximate surface area is 95.9 Å². The van der Waals surface area contributed by atoms with Gasteiger partial charge in [-0.05, 0) is 12.1 Å². The predicted octanol–water partition coefficient (Wildman–Crippen LogP) is 0.973. The first-order chi connectivity index (χ1) is 7.80. The molecule has 0 aromatic heterocycles. The summed E-state index contributed by atoms with van der Waals surface area (Å²) in [6.07, 6.45) is 0. The van der Waals surface area contributed by atoms with E-state index in [1.165, 1.54) is 0 Å². The molecule has 3 heteroatoms. The van der Waals surface area contributed by atoms with E-state index in [0.29, 0.717) is 10.4 Å². The molecule has 0 saturated carbocycles. The fraction of sp³-hybridized carbons (Fsp3) is 0.462. The van der Waals surface area contributed by atoms with E-state index < -0.39 is 0 Å². The number of amides is 1. The molecule has 0 aliphatic carbocycles. The lowest BCUT2D eigenvalue weighted by atomic mass is 10.1. The van der Waals surface area contributed by atoms with Crippen molar-refractivity contribution in [3.05, 3.63) is 35.9 Å². The number of hydrogen-bond donors (Lipinski definition) is 0. The minimum absolute atomic E-state index is 0.319. The van der Waals surface area contributed by atoms with Crippen LogP contribution in [0.3, 0.4) is 0 Å². The smallest absolute Gasteiger partial charge is 0.287 e. The highest BCUT2D eigenvalue weighted by Gasteiger charge is 2.44. The first-order valence-corrected chi connectivity index (χ1v) is 5.99. The summed E-state index contributed by atoms with van der Waals surface area (Å²) in [6, 6.07) is 9.75. The largest absolute Gasteiger partial charge is 0.346 e. The van der Waals surface area contributed by atoms with Gasteiger partial charge in [-0.1, -0.05) is 18.2 Å². The van der Waals surface area contributed by atoms with Crippen LogP contribution in [0.15, 0.2) is 30.3 Å². The Hall–Kier alpha value is -1.19. The second kappa shape index (κ2) is 3.68. The Morgan fingerprint density at radius 3 is 2.12 bits per heavy atom. The Balaban J connectivity index is 1.89. The highest BCUT2D eigenvalue weighted by Crippen LogP contribution is 2.22. The molecule has 3 heterocycles. The fourth-order valence-corrected chi connectivity index (χ4v) is 2.83. The molecule has 1 aromatic rings. The minimum Gasteiger partial charge on any atom is -0.287 e. The molecule has 0 unspecified atom stereocenters. The van der Waals surface area contributed by atoms with Crippen molar-refractivity contribution >= 4 is 5.91 Å². The van der Waals surface area contributed by atoms with Crippen LogP contribution < -0.4 is 0 Å². The first-order valence-electron chi connectivity index (χ1n) is 5.99. The zero-order chi connectivity index (χ0) is 11.0. The summed E-state index contributed by atoms with van der Waals surface area (Å²) in [5.41, 5.74) is 0.873. The van der Waals surface area contributed by atoms with Gasteiger partial charge in [0.15, 0.2) is 0 Å². The maximum absolute atomic E-state index is 12.5. The van der Waals surface area contributed by atoms with Gasteiger partial charge in [0, 0.05) is 19.6 Å². The predicted molar refractivity (Wildman–Crippen MR) is 62.1 cm³/mol. The zero-order valence-corrected chi connectivity index (χ0v) is 9.43. The average molecular weight is 217 g/mol. The van der Waals surface area contributed by atoms with E-state index in [1.54, 1.807) is 0 Å². The number of quaternary nitrogens is 1. The standard InChI is InChI=1S/C13H17N2O/c16-13(12-4-2-1-3-5-12)15-9-6-14(7-10-15)8-11-15/h1-5H,6-11H2/q+1. The molecule has 3 aliphatic rings. The van der Waals surface area contributed by atoms with E-state index in [4.69, 9.17) is 0 Å². The van der Waals surface area contributed by atoms with Gasteiger partial charge >= 0.3 is 5.91 Å². The van der Waals surface area contributed by atoms with Crippen LogP contribution in [-0.2, 0) is 0 Å². The Morgan fingerprint density at radius 1 is 1.00 bits per heavy atom. The van der Waals surface area contributed by atoms with Gasteiger partial charge < -0.3 is 0 Å². The van der Waals surface area contributed by atoms with E-state index in [9.17, 15) is 4.79 Å². The third kappa shape index (κ3) is 1.47. The molecular weight excluding hydrogens is 200 g/mol. The molecule has 0 atom stereocenters. The van der Waals surface area contributed by atoms with Crippen LogP contribution in [0.5, 0.6) is 0 Å². The molecule has 84 valence electrons. The van der Waals surface area contributed by atoms with Crippen LogP contribution in [0.25, 0.3) is 0 Å². The van der Waals surface area contributed by atoms with Crippen molar-refractivity contribution in [1.82, 2.24) is 4.90 Å². The van der Waals surface area contributed by atoms with Gasteiger partial charge in [0.25, 0.3) is 0 Å². The lowest BCUT2D eigenvalue weighted by Gasteiger charge is -2.48. The maximum atomic E-state index is 12.5. The van der Waals surface area contributed by atoms with Crippen LogP contribution in [0.4, 0.5) is 0 Å². The second-order valence-corrected chi connectivity index (χ2v) is 4.83. The number of hydrogen-bond acceptors (Lipinski definition) is 2. The Morgan fingerprint density at radius 2 is 1.56 bits per heavy atom. The number of rotatable bonds is 1. The van der Waals surface area contributed by atoms with Crippen LogP contribution in [0.1, 0.15) is 10.4 Å². The molecule has 0 radical (unpaired) electrons. The summed E-state index contributed by atoms with van der Waals surface area (Å²) in [5, 5.41) is 0. The van der Waals surface area contributed by atoms with Gasteiger partial charge in [-0.25, -0.2) is 4.79 Å². The lowest BCUT2D eigenvalue weighted by molar-refractivity contribution is -0.864. The van der Waals surface area contributed by atoms with Gasteiger partial charge in [-0.3, -0.25) is 9.38 Å². The summed E-state index contributed by atoms with van der Waals surface area (Å²) in [5.74, 6) is 0.319. The Kier molecular flexibility index (Phi) is 2.30. The number of benzene rings is 1. The summed E-state index contributed by atoms with van der Waals surface area (Å²) in [6.45, 7) is 6.23. The molecule has 3 fully saturated rings. The normalized spacial score (nSPS) is 32.6. The van der Waals surface area contributed by atoms with Crippen molar-refractivity contribution < 1.29 is 9.28 Å². The molecular formula is C13H17N2O+. The van der Waals surface area contributed by atoms with Gasteiger partial charge in [0.05, 0.1) is 25.2 Å². The molecule has 4 rings (SSSR count). The van der Waals surface area contributed by atoms with Crippen molar-refractivity contribution in [3.63, 3.8) is 0 Å². The van der Waals surface area contributed by atoms with Crippen LogP contribution >= 0.6 is 0 Å². The van der Waals surface area contributed by atoms with E-state index >= 15 is 0 Å². The third-order valence-electron chi connectivity index (χ3n) is 3.98. The second-order valence-electron chi connectivity index (χ2n) is 4.83. The first kappa shape index (κ1) is 10.00. The maximum Gasteiger partial charge on any atom is 0.346 e. The fourth-order valence-electron chi connectivity index (χ4n) is 2.83. The molecule has 2 bridgehead atoms. The van der Waals surface area contributed by atoms with E-state index in [0.717, 1.165) is 44.8 Å². The minimum atomic E-state index is 0.319. The van der Waals surface area contributed by atoms with Crippen LogP contribution in [0.2, 0.25) is 0 Å². The molecule has 1 amide bonds. The van der Waals surface area contributed by atoms with Crippen LogP contribution in [0, 0.1) is 0 Å². The molecule has 0 spiro atoms. The number of piperazine rings is 3. The zero-order valence-electron chi connectivity index (χ0n) is 9.43. The SMILES string of the molecule is O=C(c1ccccc1)[N+]12CCN(CC1)CC2. The number of nitrogens with zero attached hydrogens (tertiary/aromatic N) is 2. The Bertz CT molecular complexity index is 380. The van der Waals surface area contributed by atoms with Gasteiger partial charge in [-0.15, -0.1) is 0 Å². The average Bonchev–Trinajstić information content (AvgIpc) is 2.41. The molecule has 0 N–H and O–H groups in total. The molecule has 3 nitrogen and oxygen atoms in total. The van der Waals surface area contributed by atoms with Gasteiger partial charge in [0.1, 0.15) is 0 Å². The number of carbonyl (C=O) groups excluding carboxylic acids is 1. The number of fused-ring (bicyclic) bond motifs is 3. The topological polar surface area (TPSA) is 20.3 Å². The van der Waals surface area contributed by atoms with Crippen molar-refractivity contribution in [1.29, 1.82) is 0 Å².